The zero-order valence-corrected chi connectivity index (χ0v) is 18.9. The molecule has 1 aromatic heterocycles. The number of aryl methyl sites for hydroxylation is 1. The topological polar surface area (TPSA) is 77.9 Å². The first-order chi connectivity index (χ1) is 10.8. The Labute approximate surface area is 166 Å². The average Bonchev–Trinajstić information content (AvgIpc) is 2.86. The van der Waals surface area contributed by atoms with Gasteiger partial charge in [0.15, 0.2) is 5.96 Å². The first kappa shape index (κ1) is 23.5. The highest BCUT2D eigenvalue weighted by molar-refractivity contribution is 14.0. The third-order valence-corrected chi connectivity index (χ3v) is 5.53. The molecule has 1 aromatic rings. The van der Waals surface area contributed by atoms with E-state index in [2.05, 4.69) is 15.3 Å². The number of nitrogens with zero attached hydrogens (tertiary/aromatic N) is 4. The van der Waals surface area contributed by atoms with Gasteiger partial charge in [0.1, 0.15) is 0 Å². The van der Waals surface area contributed by atoms with Crippen molar-refractivity contribution in [1.82, 2.24) is 19.5 Å². The van der Waals surface area contributed by atoms with E-state index in [1.54, 1.807) is 18.4 Å². The van der Waals surface area contributed by atoms with E-state index < -0.39 is 10.0 Å². The minimum absolute atomic E-state index is 0. The van der Waals surface area contributed by atoms with Crippen molar-refractivity contribution in [3.05, 3.63) is 16.1 Å². The number of sulfonamides is 1. The van der Waals surface area contributed by atoms with E-state index in [1.165, 1.54) is 10.6 Å². The maximum Gasteiger partial charge on any atom is 0.211 e. The third kappa shape index (κ3) is 8.08. The molecule has 0 fully saturated rings. The van der Waals surface area contributed by atoms with Crippen LogP contribution in [0.25, 0.3) is 0 Å². The first-order valence-electron chi connectivity index (χ1n) is 7.55. The molecule has 0 aliphatic heterocycles. The van der Waals surface area contributed by atoms with Crippen molar-refractivity contribution in [2.24, 2.45) is 4.99 Å². The Hall–Kier alpha value is -0.460. The van der Waals surface area contributed by atoms with Gasteiger partial charge in [-0.3, -0.25) is 4.99 Å². The van der Waals surface area contributed by atoms with E-state index in [-0.39, 0.29) is 24.0 Å². The first-order valence-corrected chi connectivity index (χ1v) is 10.3. The van der Waals surface area contributed by atoms with Crippen LogP contribution in [0.1, 0.15) is 24.0 Å². The van der Waals surface area contributed by atoms with Crippen molar-refractivity contribution in [2.45, 2.75) is 26.8 Å². The quantitative estimate of drug-likeness (QED) is 0.261. The summed E-state index contributed by atoms with van der Waals surface area (Å²) in [7, 11) is 0.575. The maximum atomic E-state index is 11.5. The lowest BCUT2D eigenvalue weighted by Gasteiger charge is -2.22. The monoisotopic (exact) mass is 489 g/mol. The van der Waals surface area contributed by atoms with Crippen LogP contribution in [-0.4, -0.2) is 68.6 Å². The van der Waals surface area contributed by atoms with Crippen LogP contribution in [0.3, 0.4) is 0 Å². The smallest absolute Gasteiger partial charge is 0.211 e. The Morgan fingerprint density at radius 2 is 2.12 bits per heavy atom. The maximum absolute atomic E-state index is 11.5. The van der Waals surface area contributed by atoms with Gasteiger partial charge in [0.2, 0.25) is 10.0 Å². The number of guanidine groups is 1. The van der Waals surface area contributed by atoms with Gasteiger partial charge < -0.3 is 10.2 Å². The summed E-state index contributed by atoms with van der Waals surface area (Å²) in [6.07, 6.45) is 1.97. The molecule has 0 radical (unpaired) electrons. The molecule has 7 nitrogen and oxygen atoms in total. The molecule has 0 unspecified atom stereocenters. The van der Waals surface area contributed by atoms with Crippen LogP contribution in [0.4, 0.5) is 0 Å². The van der Waals surface area contributed by atoms with Crippen molar-refractivity contribution in [1.29, 1.82) is 0 Å². The van der Waals surface area contributed by atoms with E-state index in [4.69, 9.17) is 0 Å². The van der Waals surface area contributed by atoms with Crippen LogP contribution in [0.5, 0.6) is 0 Å². The molecule has 24 heavy (non-hydrogen) atoms. The lowest BCUT2D eigenvalue weighted by molar-refractivity contribution is 0.419. The van der Waals surface area contributed by atoms with E-state index in [9.17, 15) is 8.42 Å². The minimum Gasteiger partial charge on any atom is -0.356 e. The predicted octanol–water partition coefficient (Wildman–Crippen LogP) is 1.75. The lowest BCUT2D eigenvalue weighted by Crippen LogP contribution is -2.40. The summed E-state index contributed by atoms with van der Waals surface area (Å²) in [6, 6.07) is 0. The molecule has 1 rings (SSSR count). The number of hydrogen-bond donors (Lipinski definition) is 1. The van der Waals surface area contributed by atoms with Gasteiger partial charge in [0, 0.05) is 39.1 Å². The number of hydrogen-bond acceptors (Lipinski definition) is 5. The van der Waals surface area contributed by atoms with E-state index in [0.29, 0.717) is 26.2 Å². The third-order valence-electron chi connectivity index (χ3n) is 3.33. The molecular weight excluding hydrogens is 461 g/mol. The molecule has 1 heterocycles. The molecule has 10 heteroatoms. The number of rotatable bonds is 8. The molecular formula is C14H28IN5O2S2. The molecule has 0 spiro atoms. The number of aromatic nitrogens is 1. The van der Waals surface area contributed by atoms with Crippen LogP contribution in [0, 0.1) is 6.92 Å². The summed E-state index contributed by atoms with van der Waals surface area (Å²) in [6.45, 7) is 6.19. The molecule has 0 saturated heterocycles. The normalized spacial score (nSPS) is 12.2. The summed E-state index contributed by atoms with van der Waals surface area (Å²) >= 11 is 1.63. The van der Waals surface area contributed by atoms with Crippen molar-refractivity contribution < 1.29 is 8.42 Å². The standard InChI is InChI=1S/C14H27N5O2S2.HI/c1-6-19(23(5,20)21)9-7-8-16-14(15-3)18(4)10-13-11-22-12(2)17-13;/h11H,6-10H2,1-5H3,(H,15,16);1H. The number of thiazole rings is 1. The molecule has 0 bridgehead atoms. The second-order valence-electron chi connectivity index (χ2n) is 5.30. The Balaban J connectivity index is 0.00000529. The number of nitrogens with one attached hydrogen (secondary N) is 1. The van der Waals surface area contributed by atoms with Crippen molar-refractivity contribution in [3.63, 3.8) is 0 Å². The SMILES string of the molecule is CCN(CCCNC(=NC)N(C)Cc1csc(C)n1)S(C)(=O)=O.I. The van der Waals surface area contributed by atoms with Crippen LogP contribution in [-0.2, 0) is 16.6 Å². The fourth-order valence-corrected chi connectivity index (χ4v) is 3.73. The lowest BCUT2D eigenvalue weighted by atomic mass is 10.4. The Kier molecular flexibility index (Phi) is 11.0. The van der Waals surface area contributed by atoms with Gasteiger partial charge in [-0.2, -0.15) is 0 Å². The Morgan fingerprint density at radius 1 is 1.46 bits per heavy atom. The van der Waals surface area contributed by atoms with Crippen molar-refractivity contribution in [3.8, 4) is 0 Å². The second-order valence-corrected chi connectivity index (χ2v) is 8.34. The van der Waals surface area contributed by atoms with Gasteiger partial charge in [-0.1, -0.05) is 6.92 Å². The molecule has 0 amide bonds. The van der Waals surface area contributed by atoms with Gasteiger partial charge in [0.25, 0.3) is 0 Å². The molecule has 0 atom stereocenters. The highest BCUT2D eigenvalue weighted by Crippen LogP contribution is 2.09. The zero-order chi connectivity index (χ0) is 17.5. The highest BCUT2D eigenvalue weighted by Gasteiger charge is 2.14. The summed E-state index contributed by atoms with van der Waals surface area (Å²) in [5.41, 5.74) is 1.02. The summed E-state index contributed by atoms with van der Waals surface area (Å²) in [4.78, 5) is 10.7. The summed E-state index contributed by atoms with van der Waals surface area (Å²) < 4.78 is 24.5. The van der Waals surface area contributed by atoms with Gasteiger partial charge in [-0.25, -0.2) is 17.7 Å². The molecule has 1 N–H and O–H groups in total. The molecule has 0 aliphatic carbocycles. The van der Waals surface area contributed by atoms with Gasteiger partial charge >= 0.3 is 0 Å². The predicted molar refractivity (Wildman–Crippen MR) is 112 cm³/mol. The van der Waals surface area contributed by atoms with E-state index in [0.717, 1.165) is 23.1 Å². The van der Waals surface area contributed by atoms with Gasteiger partial charge in [-0.15, -0.1) is 35.3 Å². The molecule has 0 aromatic carbocycles. The summed E-state index contributed by atoms with van der Waals surface area (Å²) in [5.74, 6) is 0.776. The largest absolute Gasteiger partial charge is 0.356 e. The molecule has 0 saturated carbocycles. The van der Waals surface area contributed by atoms with E-state index in [1.807, 2.05) is 31.2 Å². The van der Waals surface area contributed by atoms with Crippen LogP contribution < -0.4 is 5.32 Å². The fraction of sp³-hybridized carbons (Fsp3) is 0.714. The Bertz CT molecular complexity index is 618. The fourth-order valence-electron chi connectivity index (χ4n) is 2.20. The van der Waals surface area contributed by atoms with E-state index >= 15 is 0 Å². The zero-order valence-electron chi connectivity index (χ0n) is 14.9. The van der Waals surface area contributed by atoms with Crippen LogP contribution in [0.15, 0.2) is 10.4 Å². The summed E-state index contributed by atoms with van der Waals surface area (Å²) in [5, 5.41) is 6.36. The Morgan fingerprint density at radius 3 is 2.58 bits per heavy atom. The molecule has 0 aliphatic rings. The number of aliphatic imine (C=N–C) groups is 1. The van der Waals surface area contributed by atoms with Crippen molar-refractivity contribution in [2.75, 3.05) is 40.0 Å². The molecule has 140 valence electrons. The van der Waals surface area contributed by atoms with Crippen molar-refractivity contribution >= 4 is 51.3 Å². The van der Waals surface area contributed by atoms with Crippen LogP contribution >= 0.6 is 35.3 Å². The number of halogens is 1. The highest BCUT2D eigenvalue weighted by atomic mass is 127. The van der Waals surface area contributed by atoms with Crippen LogP contribution in [0.2, 0.25) is 0 Å². The van der Waals surface area contributed by atoms with Gasteiger partial charge in [0.05, 0.1) is 23.5 Å². The second kappa shape index (κ2) is 11.2. The average molecular weight is 489 g/mol. The van der Waals surface area contributed by atoms with Gasteiger partial charge in [-0.05, 0) is 13.3 Å². The minimum atomic E-state index is -3.12.